The summed E-state index contributed by atoms with van der Waals surface area (Å²) in [6.07, 6.45) is 4.70. The first-order chi connectivity index (χ1) is 18.0. The lowest BCUT2D eigenvalue weighted by Gasteiger charge is -2.11. The van der Waals surface area contributed by atoms with Crippen molar-refractivity contribution in [2.45, 2.75) is 6.54 Å². The highest BCUT2D eigenvalue weighted by Gasteiger charge is 2.20. The first kappa shape index (κ1) is 23.9. The lowest BCUT2D eigenvalue weighted by atomic mass is 10.1. The molecule has 0 spiro atoms. The van der Waals surface area contributed by atoms with Gasteiger partial charge in [0.1, 0.15) is 23.2 Å². The number of carbonyl (C=O) groups is 2. The molecule has 0 aliphatic heterocycles. The molecule has 11 heteroatoms. The van der Waals surface area contributed by atoms with E-state index in [1.165, 1.54) is 41.2 Å². The molecule has 0 unspecified atom stereocenters. The minimum Gasteiger partial charge on any atom is -0.347 e. The molecule has 2 aromatic carbocycles. The number of hydrogen-bond acceptors (Lipinski definition) is 5. The van der Waals surface area contributed by atoms with Crippen LogP contribution >= 0.6 is 11.6 Å². The number of nitrogens with zero attached hydrogens (tertiary/aromatic N) is 4. The number of amides is 2. The van der Waals surface area contributed by atoms with Gasteiger partial charge in [-0.3, -0.25) is 14.6 Å². The SMILES string of the molecule is O=C(NCc1ncc[nH]1)c1cc(NC(=O)c2cc(-c3ncccc3F)ccc2Cl)n(-c2ccccc2)n1. The molecule has 0 bridgehead atoms. The lowest BCUT2D eigenvalue weighted by Crippen LogP contribution is -2.24. The first-order valence-electron chi connectivity index (χ1n) is 11.1. The van der Waals surface area contributed by atoms with Gasteiger partial charge >= 0.3 is 0 Å². The van der Waals surface area contributed by atoms with Crippen molar-refractivity contribution in [1.29, 1.82) is 0 Å². The van der Waals surface area contributed by atoms with Crippen LogP contribution in [-0.2, 0) is 6.54 Å². The molecule has 0 fully saturated rings. The highest BCUT2D eigenvalue weighted by molar-refractivity contribution is 6.34. The molecular formula is C26H19ClFN7O2. The standard InChI is InChI=1S/C26H19ClFN7O2/c27-19-9-8-16(24-20(28)7-4-10-31-24)13-18(19)25(36)33-23-14-21(26(37)32-15-22-29-11-12-30-22)34-35(23)17-5-2-1-3-6-17/h1-14H,15H2,(H,29,30)(H,32,37)(H,33,36). The molecule has 5 rings (SSSR count). The summed E-state index contributed by atoms with van der Waals surface area (Å²) in [7, 11) is 0. The largest absolute Gasteiger partial charge is 0.347 e. The predicted octanol–water partition coefficient (Wildman–Crippen LogP) is 4.63. The second-order valence-corrected chi connectivity index (χ2v) is 8.27. The van der Waals surface area contributed by atoms with E-state index in [1.807, 2.05) is 6.07 Å². The predicted molar refractivity (Wildman–Crippen MR) is 136 cm³/mol. The third-order valence-corrected chi connectivity index (χ3v) is 5.73. The van der Waals surface area contributed by atoms with Crippen LogP contribution in [0.3, 0.4) is 0 Å². The number of pyridine rings is 1. The summed E-state index contributed by atoms with van der Waals surface area (Å²) in [5.41, 5.74) is 1.30. The maximum absolute atomic E-state index is 14.3. The second kappa shape index (κ2) is 10.4. The van der Waals surface area contributed by atoms with Crippen LogP contribution in [0, 0.1) is 5.82 Å². The summed E-state index contributed by atoms with van der Waals surface area (Å²) in [4.78, 5) is 37.1. The summed E-state index contributed by atoms with van der Waals surface area (Å²) in [6, 6.07) is 17.8. The fraction of sp³-hybridized carbons (Fsp3) is 0.0385. The number of carbonyl (C=O) groups excluding carboxylic acids is 2. The van der Waals surface area contributed by atoms with E-state index in [0.29, 0.717) is 17.1 Å². The third kappa shape index (κ3) is 5.24. The smallest absolute Gasteiger partial charge is 0.272 e. The average molecular weight is 516 g/mol. The average Bonchev–Trinajstić information content (AvgIpc) is 3.59. The van der Waals surface area contributed by atoms with Gasteiger partial charge in [0.25, 0.3) is 11.8 Å². The van der Waals surface area contributed by atoms with Gasteiger partial charge in [-0.15, -0.1) is 0 Å². The summed E-state index contributed by atoms with van der Waals surface area (Å²) in [5, 5.41) is 10.1. The van der Waals surface area contributed by atoms with E-state index < -0.39 is 17.6 Å². The first-order valence-corrected chi connectivity index (χ1v) is 11.5. The normalized spacial score (nSPS) is 10.8. The van der Waals surface area contributed by atoms with Crippen LogP contribution in [0.5, 0.6) is 0 Å². The van der Waals surface area contributed by atoms with E-state index >= 15 is 0 Å². The Balaban J connectivity index is 1.45. The Morgan fingerprint density at radius 2 is 1.81 bits per heavy atom. The van der Waals surface area contributed by atoms with E-state index in [9.17, 15) is 14.0 Å². The Morgan fingerprint density at radius 3 is 2.57 bits per heavy atom. The highest BCUT2D eigenvalue weighted by atomic mass is 35.5. The molecule has 2 amide bonds. The van der Waals surface area contributed by atoms with E-state index in [0.717, 1.165) is 0 Å². The quantitative estimate of drug-likeness (QED) is 0.292. The van der Waals surface area contributed by atoms with Gasteiger partial charge < -0.3 is 15.6 Å². The maximum Gasteiger partial charge on any atom is 0.272 e. The van der Waals surface area contributed by atoms with E-state index in [-0.39, 0.29) is 34.3 Å². The fourth-order valence-corrected chi connectivity index (χ4v) is 3.83. The number of aromatic nitrogens is 5. The zero-order valence-corrected chi connectivity index (χ0v) is 19.9. The number of nitrogens with one attached hydrogen (secondary N) is 3. The van der Waals surface area contributed by atoms with Crippen molar-refractivity contribution in [2.75, 3.05) is 5.32 Å². The molecular weight excluding hydrogens is 497 g/mol. The summed E-state index contributed by atoms with van der Waals surface area (Å²) < 4.78 is 15.7. The molecule has 0 radical (unpaired) electrons. The highest BCUT2D eigenvalue weighted by Crippen LogP contribution is 2.27. The van der Waals surface area contributed by atoms with Crippen LogP contribution in [0.2, 0.25) is 5.02 Å². The van der Waals surface area contributed by atoms with E-state index in [1.54, 1.807) is 42.7 Å². The monoisotopic (exact) mass is 515 g/mol. The zero-order valence-electron chi connectivity index (χ0n) is 19.2. The molecule has 5 aromatic rings. The molecule has 37 heavy (non-hydrogen) atoms. The van der Waals surface area contributed by atoms with Crippen LogP contribution in [-0.4, -0.2) is 36.5 Å². The van der Waals surface area contributed by atoms with Crippen LogP contribution < -0.4 is 10.6 Å². The van der Waals surface area contributed by atoms with Gasteiger partial charge in [0.2, 0.25) is 0 Å². The minimum absolute atomic E-state index is 0.0844. The van der Waals surface area contributed by atoms with E-state index in [4.69, 9.17) is 11.6 Å². The summed E-state index contributed by atoms with van der Waals surface area (Å²) >= 11 is 6.32. The number of aromatic amines is 1. The van der Waals surface area contributed by atoms with Gasteiger partial charge in [-0.2, -0.15) is 5.10 Å². The molecule has 0 atom stereocenters. The molecule has 0 saturated carbocycles. The Hall–Kier alpha value is -4.83. The Bertz CT molecular complexity index is 1570. The molecule has 3 aromatic heterocycles. The number of para-hydroxylation sites is 1. The lowest BCUT2D eigenvalue weighted by molar-refractivity contribution is 0.0943. The van der Waals surface area contributed by atoms with Gasteiger partial charge in [-0.25, -0.2) is 14.1 Å². The number of rotatable bonds is 7. The van der Waals surface area contributed by atoms with Crippen molar-refractivity contribution in [1.82, 2.24) is 30.0 Å². The Kier molecular flexibility index (Phi) is 6.73. The number of anilines is 1. The van der Waals surface area contributed by atoms with Crippen molar-refractivity contribution < 1.29 is 14.0 Å². The second-order valence-electron chi connectivity index (χ2n) is 7.86. The van der Waals surface area contributed by atoms with Crippen LogP contribution in [0.4, 0.5) is 10.2 Å². The van der Waals surface area contributed by atoms with Crippen molar-refractivity contribution in [2.24, 2.45) is 0 Å². The molecule has 3 N–H and O–H groups in total. The molecule has 0 aliphatic rings. The van der Waals surface area contributed by atoms with Crippen molar-refractivity contribution in [3.05, 3.63) is 113 Å². The zero-order chi connectivity index (χ0) is 25.8. The number of imidazole rings is 1. The van der Waals surface area contributed by atoms with Gasteiger partial charge in [0.05, 0.1) is 22.8 Å². The van der Waals surface area contributed by atoms with Gasteiger partial charge in [-0.05, 0) is 36.4 Å². The molecule has 184 valence electrons. The van der Waals surface area contributed by atoms with E-state index in [2.05, 4.69) is 30.7 Å². The number of hydrogen-bond donors (Lipinski definition) is 3. The topological polar surface area (TPSA) is 118 Å². The molecule has 0 saturated heterocycles. The van der Waals surface area contributed by atoms with Crippen molar-refractivity contribution in [3.8, 4) is 16.9 Å². The number of halogens is 2. The van der Waals surface area contributed by atoms with Gasteiger partial charge in [-0.1, -0.05) is 35.9 Å². The number of benzene rings is 2. The Labute approximate surface area is 215 Å². The summed E-state index contributed by atoms with van der Waals surface area (Å²) in [5.74, 6) is -0.716. The molecule has 0 aliphatic carbocycles. The van der Waals surface area contributed by atoms with Crippen LogP contribution in [0.25, 0.3) is 16.9 Å². The minimum atomic E-state index is -0.567. The molecule has 3 heterocycles. The van der Waals surface area contributed by atoms with Crippen LogP contribution in [0.15, 0.2) is 85.3 Å². The Morgan fingerprint density at radius 1 is 0.973 bits per heavy atom. The van der Waals surface area contributed by atoms with Gasteiger partial charge in [0, 0.05) is 30.2 Å². The molecule has 9 nitrogen and oxygen atoms in total. The summed E-state index contributed by atoms with van der Waals surface area (Å²) in [6.45, 7) is 0.179. The maximum atomic E-state index is 14.3. The number of H-pyrrole nitrogens is 1. The fourth-order valence-electron chi connectivity index (χ4n) is 3.62. The van der Waals surface area contributed by atoms with Crippen LogP contribution in [0.1, 0.15) is 26.7 Å². The third-order valence-electron chi connectivity index (χ3n) is 5.40. The van der Waals surface area contributed by atoms with Crippen molar-refractivity contribution >= 4 is 29.2 Å². The van der Waals surface area contributed by atoms with Gasteiger partial charge in [0.15, 0.2) is 5.69 Å². The van der Waals surface area contributed by atoms with Crippen molar-refractivity contribution in [3.63, 3.8) is 0 Å².